The Morgan fingerprint density at radius 2 is 1.94 bits per heavy atom. The van der Waals surface area contributed by atoms with Gasteiger partial charge in [0.25, 0.3) is 5.91 Å². The van der Waals surface area contributed by atoms with Gasteiger partial charge in [0.2, 0.25) is 0 Å². The maximum absolute atomic E-state index is 13.0. The quantitative estimate of drug-likeness (QED) is 0.370. The lowest BCUT2D eigenvalue weighted by molar-refractivity contribution is 0.0934. The normalized spacial score (nSPS) is 12.2. The van der Waals surface area contributed by atoms with E-state index in [0.29, 0.717) is 33.2 Å². The Kier molecular flexibility index (Phi) is 4.91. The van der Waals surface area contributed by atoms with Gasteiger partial charge in [-0.15, -0.1) is 0 Å². The zero-order chi connectivity index (χ0) is 22.2. The summed E-state index contributed by atoms with van der Waals surface area (Å²) in [6, 6.07) is 17.6. The SMILES string of the molecule is CC(NC(=O)c1cc(-c2ccco2)n(-c2cccc(Cl)c2)n1)c1ccc2[nH]c(=O)[nH]c2c1. The van der Waals surface area contributed by atoms with E-state index in [1.54, 1.807) is 47.3 Å². The van der Waals surface area contributed by atoms with Crippen molar-refractivity contribution >= 4 is 28.5 Å². The van der Waals surface area contributed by atoms with Crippen molar-refractivity contribution in [2.24, 2.45) is 0 Å². The molecule has 1 atom stereocenters. The standard InChI is InChI=1S/C23H18ClN5O3/c1-13(14-7-8-17-18(10-14)27-23(31)26-17)25-22(30)19-12-20(21-6-3-9-32-21)29(28-19)16-5-2-4-15(24)11-16/h2-13H,1H3,(H,25,30)(H2,26,27,31). The molecule has 3 heterocycles. The molecule has 9 heteroatoms. The molecule has 3 N–H and O–H groups in total. The van der Waals surface area contributed by atoms with E-state index in [9.17, 15) is 9.59 Å². The molecular weight excluding hydrogens is 430 g/mol. The van der Waals surface area contributed by atoms with Crippen molar-refractivity contribution in [1.29, 1.82) is 0 Å². The van der Waals surface area contributed by atoms with Crippen molar-refractivity contribution in [2.75, 3.05) is 0 Å². The van der Waals surface area contributed by atoms with Gasteiger partial charge in [0.05, 0.1) is 29.0 Å². The average molecular weight is 448 g/mol. The molecule has 1 unspecified atom stereocenters. The second kappa shape index (κ2) is 7.90. The van der Waals surface area contributed by atoms with Gasteiger partial charge in [0.1, 0.15) is 5.69 Å². The number of carbonyl (C=O) groups is 1. The molecule has 0 bridgehead atoms. The molecular formula is C23H18ClN5O3. The van der Waals surface area contributed by atoms with Crippen LogP contribution in [-0.4, -0.2) is 25.7 Å². The van der Waals surface area contributed by atoms with Crippen molar-refractivity contribution < 1.29 is 9.21 Å². The van der Waals surface area contributed by atoms with Crippen LogP contribution in [0, 0.1) is 0 Å². The number of H-pyrrole nitrogens is 2. The van der Waals surface area contributed by atoms with Crippen LogP contribution in [0.4, 0.5) is 0 Å². The van der Waals surface area contributed by atoms with Gasteiger partial charge >= 0.3 is 5.69 Å². The van der Waals surface area contributed by atoms with E-state index in [4.69, 9.17) is 16.0 Å². The molecule has 0 aliphatic carbocycles. The summed E-state index contributed by atoms with van der Waals surface area (Å²) in [5.41, 5.74) is 3.53. The van der Waals surface area contributed by atoms with Gasteiger partial charge in [-0.25, -0.2) is 9.48 Å². The Morgan fingerprint density at radius 1 is 1.09 bits per heavy atom. The third-order valence-electron chi connectivity index (χ3n) is 5.16. The minimum Gasteiger partial charge on any atom is -0.463 e. The van der Waals surface area contributed by atoms with E-state index in [2.05, 4.69) is 20.4 Å². The third kappa shape index (κ3) is 3.72. The summed E-state index contributed by atoms with van der Waals surface area (Å²) in [7, 11) is 0. The van der Waals surface area contributed by atoms with Crippen molar-refractivity contribution in [3.8, 4) is 17.1 Å². The first-order valence-corrected chi connectivity index (χ1v) is 10.3. The van der Waals surface area contributed by atoms with Crippen molar-refractivity contribution in [2.45, 2.75) is 13.0 Å². The van der Waals surface area contributed by atoms with E-state index < -0.39 is 0 Å². The number of aromatic nitrogens is 4. The number of aromatic amines is 2. The van der Waals surface area contributed by atoms with Gasteiger partial charge in [-0.2, -0.15) is 5.10 Å². The second-order valence-corrected chi connectivity index (χ2v) is 7.80. The maximum Gasteiger partial charge on any atom is 0.323 e. The molecule has 5 aromatic rings. The van der Waals surface area contributed by atoms with Gasteiger partial charge in [0, 0.05) is 11.1 Å². The highest BCUT2D eigenvalue weighted by Crippen LogP contribution is 2.26. The number of halogens is 1. The molecule has 5 rings (SSSR count). The lowest BCUT2D eigenvalue weighted by Crippen LogP contribution is -2.27. The second-order valence-electron chi connectivity index (χ2n) is 7.36. The molecule has 0 saturated carbocycles. The number of nitrogens with one attached hydrogen (secondary N) is 3. The van der Waals surface area contributed by atoms with Crippen LogP contribution in [0.15, 0.2) is 76.1 Å². The zero-order valence-corrected chi connectivity index (χ0v) is 17.7. The highest BCUT2D eigenvalue weighted by molar-refractivity contribution is 6.30. The fourth-order valence-corrected chi connectivity index (χ4v) is 3.75. The predicted octanol–water partition coefficient (Wildman–Crippen LogP) is 4.45. The number of hydrogen-bond acceptors (Lipinski definition) is 4. The van der Waals surface area contributed by atoms with Crippen molar-refractivity contribution in [1.82, 2.24) is 25.1 Å². The summed E-state index contributed by atoms with van der Waals surface area (Å²) in [5.74, 6) is 0.236. The first-order valence-electron chi connectivity index (χ1n) is 9.90. The van der Waals surface area contributed by atoms with Crippen LogP contribution in [0.5, 0.6) is 0 Å². The molecule has 1 amide bonds. The molecule has 32 heavy (non-hydrogen) atoms. The molecule has 3 aromatic heterocycles. The molecule has 0 saturated heterocycles. The van der Waals surface area contributed by atoms with E-state index in [1.807, 2.05) is 31.2 Å². The van der Waals surface area contributed by atoms with E-state index in [0.717, 1.165) is 5.56 Å². The van der Waals surface area contributed by atoms with Crippen molar-refractivity contribution in [3.63, 3.8) is 0 Å². The van der Waals surface area contributed by atoms with Gasteiger partial charge in [-0.3, -0.25) is 4.79 Å². The predicted molar refractivity (Wildman–Crippen MR) is 121 cm³/mol. The topological polar surface area (TPSA) is 109 Å². The van der Waals surface area contributed by atoms with Crippen LogP contribution in [0.3, 0.4) is 0 Å². The summed E-state index contributed by atoms with van der Waals surface area (Å²) in [5, 5.41) is 8.03. The highest BCUT2D eigenvalue weighted by Gasteiger charge is 2.20. The molecule has 0 spiro atoms. The fraction of sp³-hybridized carbons (Fsp3) is 0.0870. The molecule has 0 fully saturated rings. The van der Waals surface area contributed by atoms with Crippen molar-refractivity contribution in [3.05, 3.63) is 93.7 Å². The number of benzene rings is 2. The van der Waals surface area contributed by atoms with Crippen LogP contribution in [0.25, 0.3) is 28.2 Å². The Balaban J connectivity index is 1.46. The first-order chi connectivity index (χ1) is 15.5. The lowest BCUT2D eigenvalue weighted by Gasteiger charge is -2.13. The fourth-order valence-electron chi connectivity index (χ4n) is 3.57. The number of carbonyl (C=O) groups excluding carboxylic acids is 1. The molecule has 0 aliphatic heterocycles. The van der Waals surface area contributed by atoms with E-state index in [1.165, 1.54) is 0 Å². The van der Waals surface area contributed by atoms with Gasteiger partial charge in [0.15, 0.2) is 11.5 Å². The molecule has 2 aromatic carbocycles. The maximum atomic E-state index is 13.0. The number of hydrogen-bond donors (Lipinski definition) is 3. The monoisotopic (exact) mass is 447 g/mol. The smallest absolute Gasteiger partial charge is 0.323 e. The zero-order valence-electron chi connectivity index (χ0n) is 16.9. The number of nitrogens with zero attached hydrogens (tertiary/aromatic N) is 2. The van der Waals surface area contributed by atoms with Gasteiger partial charge in [-0.05, 0) is 55.0 Å². The number of fused-ring (bicyclic) bond motifs is 1. The third-order valence-corrected chi connectivity index (χ3v) is 5.39. The first kappa shape index (κ1) is 19.9. The molecule has 0 aliphatic rings. The van der Waals surface area contributed by atoms with Gasteiger partial charge < -0.3 is 19.7 Å². The summed E-state index contributed by atoms with van der Waals surface area (Å²) < 4.78 is 7.17. The average Bonchev–Trinajstić information content (AvgIpc) is 3.51. The van der Waals surface area contributed by atoms with Gasteiger partial charge in [-0.1, -0.05) is 23.7 Å². The Labute approximate surface area is 186 Å². The number of furan rings is 1. The number of imidazole rings is 1. The van der Waals surface area contributed by atoms with Crippen LogP contribution in [-0.2, 0) is 0 Å². The van der Waals surface area contributed by atoms with E-state index >= 15 is 0 Å². The number of amides is 1. The Bertz CT molecular complexity index is 1480. The molecule has 160 valence electrons. The molecule has 8 nitrogen and oxygen atoms in total. The van der Waals surface area contributed by atoms with Crippen LogP contribution in [0.2, 0.25) is 5.02 Å². The Hall–Kier alpha value is -4.04. The minimum absolute atomic E-state index is 0.236. The minimum atomic E-state index is -0.339. The van der Waals surface area contributed by atoms with Crippen LogP contribution in [0.1, 0.15) is 29.0 Å². The largest absolute Gasteiger partial charge is 0.463 e. The van der Waals surface area contributed by atoms with Crippen LogP contribution >= 0.6 is 11.6 Å². The highest BCUT2D eigenvalue weighted by atomic mass is 35.5. The number of rotatable bonds is 5. The lowest BCUT2D eigenvalue weighted by atomic mass is 10.1. The summed E-state index contributed by atoms with van der Waals surface area (Å²) in [6.07, 6.45) is 1.56. The summed E-state index contributed by atoms with van der Waals surface area (Å²) in [4.78, 5) is 29.9. The van der Waals surface area contributed by atoms with E-state index in [-0.39, 0.29) is 23.3 Å². The Morgan fingerprint density at radius 3 is 2.72 bits per heavy atom. The summed E-state index contributed by atoms with van der Waals surface area (Å²) >= 11 is 6.15. The van der Waals surface area contributed by atoms with Crippen LogP contribution < -0.4 is 11.0 Å². The summed E-state index contributed by atoms with van der Waals surface area (Å²) in [6.45, 7) is 1.87. The molecule has 0 radical (unpaired) electrons.